The molecule has 0 aromatic rings. The Morgan fingerprint density at radius 1 is 1.08 bits per heavy atom. The highest BCUT2D eigenvalue weighted by Crippen LogP contribution is 2.27. The molecular formula is C21H42N2O. The van der Waals surface area contributed by atoms with E-state index in [2.05, 4.69) is 23.8 Å². The first-order chi connectivity index (χ1) is 11.5. The van der Waals surface area contributed by atoms with Gasteiger partial charge in [-0.05, 0) is 71.5 Å². The lowest BCUT2D eigenvalue weighted by atomic mass is 9.83. The quantitative estimate of drug-likeness (QED) is 0.763. The number of nitrogens with zero attached hydrogens (tertiary/aromatic N) is 1. The summed E-state index contributed by atoms with van der Waals surface area (Å²) < 4.78 is 0. The molecule has 1 aliphatic carbocycles. The first kappa shape index (κ1) is 23.2. The molecule has 0 amide bonds. The predicted molar refractivity (Wildman–Crippen MR) is 106 cm³/mol. The number of carbonyl (C=O) groups is 1. The molecule has 0 spiro atoms. The maximum absolute atomic E-state index is 11.5. The van der Waals surface area contributed by atoms with Crippen molar-refractivity contribution in [3.05, 3.63) is 12.3 Å². The van der Waals surface area contributed by atoms with Gasteiger partial charge in [-0.1, -0.05) is 40.7 Å². The summed E-state index contributed by atoms with van der Waals surface area (Å²) in [5.41, 5.74) is 1.19. The van der Waals surface area contributed by atoms with Crippen LogP contribution in [0.4, 0.5) is 0 Å². The molecule has 0 radical (unpaired) electrons. The number of allylic oxidation sites excluding steroid dienone is 1. The van der Waals surface area contributed by atoms with E-state index in [0.29, 0.717) is 11.8 Å². The van der Waals surface area contributed by atoms with Crippen LogP contribution in [0.2, 0.25) is 0 Å². The molecule has 2 unspecified atom stereocenters. The summed E-state index contributed by atoms with van der Waals surface area (Å²) in [5.74, 6) is 1.42. The topological polar surface area (TPSA) is 32.3 Å². The fraction of sp³-hybridized carbons (Fsp3) is 0.857. The molecule has 1 saturated heterocycles. The molecule has 24 heavy (non-hydrogen) atoms. The molecule has 1 aliphatic heterocycles. The summed E-state index contributed by atoms with van der Waals surface area (Å²) in [7, 11) is 2.20. The molecule has 0 bridgehead atoms. The lowest BCUT2D eigenvalue weighted by Crippen LogP contribution is -2.36. The number of likely N-dealkylation sites (tertiary alicyclic amines) is 1. The Labute approximate surface area is 151 Å². The third-order valence-corrected chi connectivity index (χ3v) is 5.03. The molecule has 1 N–H and O–H groups in total. The average molecular weight is 339 g/mol. The molecule has 2 aliphatic rings. The highest BCUT2D eigenvalue weighted by atomic mass is 16.1. The Kier molecular flexibility index (Phi) is 13.0. The van der Waals surface area contributed by atoms with Gasteiger partial charge in [0.1, 0.15) is 5.78 Å². The van der Waals surface area contributed by atoms with Crippen molar-refractivity contribution in [3.8, 4) is 0 Å². The molecular weight excluding hydrogens is 296 g/mol. The Hall–Kier alpha value is -0.830. The van der Waals surface area contributed by atoms with E-state index in [1.807, 2.05) is 27.7 Å². The molecule has 3 heteroatoms. The second-order valence-corrected chi connectivity index (χ2v) is 6.87. The number of carbonyl (C=O) groups excluding carboxylic acids is 1. The maximum atomic E-state index is 11.5. The van der Waals surface area contributed by atoms with Crippen LogP contribution < -0.4 is 5.32 Å². The molecule has 2 rings (SSSR count). The summed E-state index contributed by atoms with van der Waals surface area (Å²) in [6, 6.07) is 0.469. The van der Waals surface area contributed by atoms with Crippen molar-refractivity contribution in [2.24, 2.45) is 11.8 Å². The first-order valence-electron chi connectivity index (χ1n) is 10.2. The van der Waals surface area contributed by atoms with E-state index in [4.69, 9.17) is 0 Å². The van der Waals surface area contributed by atoms with E-state index in [1.54, 1.807) is 6.92 Å². The highest BCUT2D eigenvalue weighted by molar-refractivity contribution is 5.78. The molecule has 0 aromatic carbocycles. The lowest BCUT2D eigenvalue weighted by molar-refractivity contribution is -0.121. The Balaban J connectivity index is 0.00000123. The van der Waals surface area contributed by atoms with Crippen LogP contribution in [0.25, 0.3) is 0 Å². The molecule has 1 heterocycles. The zero-order chi connectivity index (χ0) is 18.5. The number of hydrogen-bond donors (Lipinski definition) is 1. The SMILES string of the molecule is C=C(CC1CCN(C)CC1)NC1CCCC(C(C)=O)C1.CC.CC. The van der Waals surface area contributed by atoms with Crippen LogP contribution in [0.1, 0.15) is 79.6 Å². The monoisotopic (exact) mass is 338 g/mol. The smallest absolute Gasteiger partial charge is 0.132 e. The standard InChI is InChI=1S/C17H30N2O.2C2H6/c1-13(11-15-7-9-19(3)10-8-15)18-17-6-4-5-16(12-17)14(2)20;2*1-2/h15-18H,1,4-12H2,2-3H3;2*1-2H3. The van der Waals surface area contributed by atoms with Crippen molar-refractivity contribution in [1.82, 2.24) is 10.2 Å². The van der Waals surface area contributed by atoms with Crippen molar-refractivity contribution < 1.29 is 4.79 Å². The highest BCUT2D eigenvalue weighted by Gasteiger charge is 2.25. The van der Waals surface area contributed by atoms with Crippen LogP contribution in [0.15, 0.2) is 12.3 Å². The number of piperidine rings is 1. The van der Waals surface area contributed by atoms with Gasteiger partial charge in [0.25, 0.3) is 0 Å². The molecule has 0 aromatic heterocycles. The van der Waals surface area contributed by atoms with Crippen LogP contribution in [0.3, 0.4) is 0 Å². The van der Waals surface area contributed by atoms with Crippen LogP contribution in [-0.4, -0.2) is 36.9 Å². The summed E-state index contributed by atoms with van der Waals surface area (Å²) in [5, 5.41) is 3.60. The molecule has 3 nitrogen and oxygen atoms in total. The van der Waals surface area contributed by atoms with Crippen LogP contribution in [-0.2, 0) is 4.79 Å². The van der Waals surface area contributed by atoms with E-state index in [9.17, 15) is 4.79 Å². The third kappa shape index (κ3) is 8.86. The van der Waals surface area contributed by atoms with E-state index >= 15 is 0 Å². The van der Waals surface area contributed by atoms with Crippen molar-refractivity contribution >= 4 is 5.78 Å². The summed E-state index contributed by atoms with van der Waals surface area (Å²) in [4.78, 5) is 13.9. The Bertz CT molecular complexity index is 346. The largest absolute Gasteiger partial charge is 0.386 e. The van der Waals surface area contributed by atoms with Crippen molar-refractivity contribution in [1.29, 1.82) is 0 Å². The van der Waals surface area contributed by atoms with Gasteiger partial charge in [0, 0.05) is 17.7 Å². The normalized spacial score (nSPS) is 24.8. The van der Waals surface area contributed by atoms with Gasteiger partial charge >= 0.3 is 0 Å². The number of ketones is 1. The van der Waals surface area contributed by atoms with Crippen LogP contribution in [0, 0.1) is 11.8 Å². The minimum absolute atomic E-state index is 0.275. The van der Waals surface area contributed by atoms with Gasteiger partial charge in [-0.2, -0.15) is 0 Å². The van der Waals surface area contributed by atoms with Gasteiger partial charge in [-0.15, -0.1) is 0 Å². The number of nitrogens with one attached hydrogen (secondary N) is 1. The van der Waals surface area contributed by atoms with Gasteiger partial charge in [0.15, 0.2) is 0 Å². The zero-order valence-corrected chi connectivity index (χ0v) is 17.2. The zero-order valence-electron chi connectivity index (χ0n) is 17.2. The van der Waals surface area contributed by atoms with Gasteiger partial charge < -0.3 is 10.2 Å². The fourth-order valence-corrected chi connectivity index (χ4v) is 3.65. The predicted octanol–water partition coefficient (Wildman–Crippen LogP) is 5.02. The van der Waals surface area contributed by atoms with Gasteiger partial charge in [0.05, 0.1) is 0 Å². The lowest BCUT2D eigenvalue weighted by Gasteiger charge is -2.32. The summed E-state index contributed by atoms with van der Waals surface area (Å²) in [6.07, 6.45) is 8.13. The Morgan fingerprint density at radius 3 is 2.21 bits per heavy atom. The van der Waals surface area contributed by atoms with Crippen LogP contribution >= 0.6 is 0 Å². The van der Waals surface area contributed by atoms with Crippen molar-refractivity contribution in [3.63, 3.8) is 0 Å². The van der Waals surface area contributed by atoms with Gasteiger partial charge in [0.2, 0.25) is 0 Å². The fourth-order valence-electron chi connectivity index (χ4n) is 3.65. The number of Topliss-reactive ketones (excluding diaryl/α,β-unsaturated/α-hetero) is 1. The minimum Gasteiger partial charge on any atom is -0.386 e. The Morgan fingerprint density at radius 2 is 1.67 bits per heavy atom. The van der Waals surface area contributed by atoms with E-state index < -0.39 is 0 Å². The van der Waals surface area contributed by atoms with Crippen molar-refractivity contribution in [2.45, 2.75) is 85.6 Å². The second kappa shape index (κ2) is 13.5. The number of hydrogen-bond acceptors (Lipinski definition) is 3. The van der Waals surface area contributed by atoms with E-state index in [1.165, 1.54) is 44.5 Å². The van der Waals surface area contributed by atoms with Crippen molar-refractivity contribution in [2.75, 3.05) is 20.1 Å². The van der Waals surface area contributed by atoms with Gasteiger partial charge in [-0.25, -0.2) is 0 Å². The second-order valence-electron chi connectivity index (χ2n) is 6.87. The van der Waals surface area contributed by atoms with E-state index in [0.717, 1.165) is 25.2 Å². The molecule has 2 atom stereocenters. The van der Waals surface area contributed by atoms with E-state index in [-0.39, 0.29) is 5.92 Å². The summed E-state index contributed by atoms with van der Waals surface area (Å²) >= 11 is 0. The van der Waals surface area contributed by atoms with Crippen LogP contribution in [0.5, 0.6) is 0 Å². The molecule has 142 valence electrons. The van der Waals surface area contributed by atoms with Gasteiger partial charge in [-0.3, -0.25) is 4.79 Å². The maximum Gasteiger partial charge on any atom is 0.132 e. The first-order valence-corrected chi connectivity index (χ1v) is 10.2. The number of rotatable bonds is 5. The average Bonchev–Trinajstić information content (AvgIpc) is 2.60. The molecule has 2 fully saturated rings. The molecule has 1 saturated carbocycles. The third-order valence-electron chi connectivity index (χ3n) is 5.03. The minimum atomic E-state index is 0.275. The summed E-state index contributed by atoms with van der Waals surface area (Å²) in [6.45, 7) is 16.4.